The van der Waals surface area contributed by atoms with Gasteiger partial charge in [0.05, 0.1) is 19.1 Å². The van der Waals surface area contributed by atoms with E-state index in [-0.39, 0.29) is 23.8 Å². The number of nitrogens with one attached hydrogen (secondary N) is 1. The van der Waals surface area contributed by atoms with Crippen molar-refractivity contribution in [3.63, 3.8) is 0 Å². The van der Waals surface area contributed by atoms with Crippen molar-refractivity contribution in [1.29, 1.82) is 0 Å². The highest BCUT2D eigenvalue weighted by Gasteiger charge is 2.16. The van der Waals surface area contributed by atoms with Crippen molar-refractivity contribution >= 4 is 34.5 Å². The monoisotopic (exact) mass is 363 g/mol. The number of carbonyl (C=O) groups is 2. The van der Waals surface area contributed by atoms with E-state index in [1.807, 2.05) is 22.6 Å². The van der Waals surface area contributed by atoms with E-state index < -0.39 is 11.9 Å². The molecule has 0 radical (unpaired) electrons. The lowest BCUT2D eigenvalue weighted by Gasteiger charge is -2.13. The molecular formula is C12H14INO4. The first kappa shape index (κ1) is 14.7. The molecule has 0 saturated carbocycles. The highest BCUT2D eigenvalue weighted by atomic mass is 127. The number of aromatic hydroxyl groups is 1. The molecule has 0 heterocycles. The van der Waals surface area contributed by atoms with E-state index in [2.05, 4.69) is 10.1 Å². The Labute approximate surface area is 119 Å². The molecule has 0 fully saturated rings. The number of ether oxygens (including phenoxy) is 1. The summed E-state index contributed by atoms with van der Waals surface area (Å²) in [5, 5.41) is 12.2. The third kappa shape index (κ3) is 4.17. The van der Waals surface area contributed by atoms with Crippen LogP contribution in [0.5, 0.6) is 5.75 Å². The SMILES string of the molecule is COC(=O)CC(C)NC(=O)c1cc(I)ccc1O. The predicted molar refractivity (Wildman–Crippen MR) is 74.4 cm³/mol. The number of amides is 1. The Kier molecular flexibility index (Phi) is 5.39. The summed E-state index contributed by atoms with van der Waals surface area (Å²) in [6.07, 6.45) is 0.0902. The number of halogens is 1. The molecule has 18 heavy (non-hydrogen) atoms. The summed E-state index contributed by atoms with van der Waals surface area (Å²) in [5.41, 5.74) is 0.193. The number of phenolic OH excluding ortho intramolecular Hbond substituents is 1. The van der Waals surface area contributed by atoms with Crippen molar-refractivity contribution in [3.05, 3.63) is 27.3 Å². The first-order chi connectivity index (χ1) is 8.43. The van der Waals surface area contributed by atoms with Crippen LogP contribution < -0.4 is 5.32 Å². The summed E-state index contributed by atoms with van der Waals surface area (Å²) in [5.74, 6) is -0.893. The van der Waals surface area contributed by atoms with Gasteiger partial charge in [0, 0.05) is 9.61 Å². The van der Waals surface area contributed by atoms with Crippen LogP contribution in [0.15, 0.2) is 18.2 Å². The molecule has 98 valence electrons. The van der Waals surface area contributed by atoms with E-state index in [1.54, 1.807) is 19.1 Å². The van der Waals surface area contributed by atoms with Gasteiger partial charge in [0.25, 0.3) is 5.91 Å². The molecule has 1 unspecified atom stereocenters. The second-order valence-corrected chi connectivity index (χ2v) is 5.06. The van der Waals surface area contributed by atoms with E-state index in [0.717, 1.165) is 3.57 Å². The third-order valence-electron chi connectivity index (χ3n) is 2.28. The Morgan fingerprint density at radius 1 is 1.50 bits per heavy atom. The topological polar surface area (TPSA) is 75.6 Å². The van der Waals surface area contributed by atoms with Gasteiger partial charge in [-0.15, -0.1) is 0 Å². The minimum absolute atomic E-state index is 0.0850. The summed E-state index contributed by atoms with van der Waals surface area (Å²) in [6, 6.07) is 4.38. The standard InChI is InChI=1S/C12H14INO4/c1-7(5-11(16)18-2)14-12(17)9-6-8(13)3-4-10(9)15/h3-4,6-7,15H,5H2,1-2H3,(H,14,17). The Bertz CT molecular complexity index is 461. The van der Waals surface area contributed by atoms with Gasteiger partial charge in [-0.1, -0.05) is 0 Å². The second-order valence-electron chi connectivity index (χ2n) is 3.82. The molecule has 2 N–H and O–H groups in total. The van der Waals surface area contributed by atoms with Crippen LogP contribution in [0.4, 0.5) is 0 Å². The van der Waals surface area contributed by atoms with E-state index in [0.29, 0.717) is 0 Å². The van der Waals surface area contributed by atoms with Crippen LogP contribution in [-0.2, 0) is 9.53 Å². The number of hydrogen-bond donors (Lipinski definition) is 2. The van der Waals surface area contributed by atoms with Gasteiger partial charge in [-0.05, 0) is 47.7 Å². The second kappa shape index (κ2) is 6.58. The Balaban J connectivity index is 2.70. The smallest absolute Gasteiger partial charge is 0.307 e. The zero-order valence-corrected chi connectivity index (χ0v) is 12.2. The van der Waals surface area contributed by atoms with Crippen LogP contribution in [0, 0.1) is 3.57 Å². The molecule has 1 aromatic carbocycles. The molecule has 0 aliphatic heterocycles. The summed E-state index contributed by atoms with van der Waals surface area (Å²) in [7, 11) is 1.29. The largest absolute Gasteiger partial charge is 0.507 e. The highest BCUT2D eigenvalue weighted by Crippen LogP contribution is 2.19. The number of phenols is 1. The maximum absolute atomic E-state index is 11.9. The summed E-state index contributed by atoms with van der Waals surface area (Å²) in [4.78, 5) is 22.9. The lowest BCUT2D eigenvalue weighted by atomic mass is 10.1. The van der Waals surface area contributed by atoms with Gasteiger partial charge >= 0.3 is 5.97 Å². The van der Waals surface area contributed by atoms with Crippen LogP contribution >= 0.6 is 22.6 Å². The molecular weight excluding hydrogens is 349 g/mol. The van der Waals surface area contributed by atoms with Crippen LogP contribution in [0.3, 0.4) is 0 Å². The number of benzene rings is 1. The zero-order chi connectivity index (χ0) is 13.7. The number of carbonyl (C=O) groups excluding carboxylic acids is 2. The van der Waals surface area contributed by atoms with E-state index in [9.17, 15) is 14.7 Å². The molecule has 1 amide bonds. The number of methoxy groups -OCH3 is 1. The van der Waals surface area contributed by atoms with Gasteiger partial charge < -0.3 is 15.2 Å². The zero-order valence-electron chi connectivity index (χ0n) is 10.1. The Morgan fingerprint density at radius 3 is 2.78 bits per heavy atom. The maximum atomic E-state index is 11.9. The summed E-state index contributed by atoms with van der Waals surface area (Å²) in [6.45, 7) is 1.69. The van der Waals surface area contributed by atoms with Crippen molar-refractivity contribution in [2.45, 2.75) is 19.4 Å². The molecule has 0 aromatic heterocycles. The average molecular weight is 363 g/mol. The lowest BCUT2D eigenvalue weighted by Crippen LogP contribution is -2.34. The van der Waals surface area contributed by atoms with Gasteiger partial charge in [-0.2, -0.15) is 0 Å². The highest BCUT2D eigenvalue weighted by molar-refractivity contribution is 14.1. The van der Waals surface area contributed by atoms with Gasteiger partial charge in [0.15, 0.2) is 0 Å². The first-order valence-corrected chi connectivity index (χ1v) is 6.38. The number of esters is 1. The van der Waals surface area contributed by atoms with Crippen LogP contribution in [0.2, 0.25) is 0 Å². The van der Waals surface area contributed by atoms with Crippen LogP contribution in [0.25, 0.3) is 0 Å². The van der Waals surface area contributed by atoms with Crippen molar-refractivity contribution < 1.29 is 19.4 Å². The molecule has 1 rings (SSSR count). The van der Waals surface area contributed by atoms with Gasteiger partial charge in [-0.3, -0.25) is 9.59 Å². The van der Waals surface area contributed by atoms with Crippen molar-refractivity contribution in [2.24, 2.45) is 0 Å². The van der Waals surface area contributed by atoms with Crippen molar-refractivity contribution in [1.82, 2.24) is 5.32 Å². The van der Waals surface area contributed by atoms with Crippen LogP contribution in [0.1, 0.15) is 23.7 Å². The van der Waals surface area contributed by atoms with E-state index in [4.69, 9.17) is 0 Å². The minimum atomic E-state index is -0.414. The molecule has 6 heteroatoms. The maximum Gasteiger partial charge on any atom is 0.307 e. The third-order valence-corrected chi connectivity index (χ3v) is 2.95. The van der Waals surface area contributed by atoms with Gasteiger partial charge in [0.1, 0.15) is 5.75 Å². The van der Waals surface area contributed by atoms with Crippen LogP contribution in [-0.4, -0.2) is 30.1 Å². The number of rotatable bonds is 4. The molecule has 0 aliphatic rings. The fraction of sp³-hybridized carbons (Fsp3) is 0.333. The molecule has 5 nitrogen and oxygen atoms in total. The minimum Gasteiger partial charge on any atom is -0.507 e. The first-order valence-electron chi connectivity index (χ1n) is 5.30. The molecule has 0 bridgehead atoms. The Morgan fingerprint density at radius 2 is 2.17 bits per heavy atom. The van der Waals surface area contributed by atoms with Gasteiger partial charge in [0.2, 0.25) is 0 Å². The lowest BCUT2D eigenvalue weighted by molar-refractivity contribution is -0.141. The summed E-state index contributed by atoms with van der Waals surface area (Å²) < 4.78 is 5.35. The molecule has 1 aromatic rings. The van der Waals surface area contributed by atoms with E-state index in [1.165, 1.54) is 13.2 Å². The normalized spacial score (nSPS) is 11.7. The number of hydrogen-bond acceptors (Lipinski definition) is 4. The molecule has 0 saturated heterocycles. The van der Waals surface area contributed by atoms with Crippen molar-refractivity contribution in [2.75, 3.05) is 7.11 Å². The summed E-state index contributed by atoms with van der Waals surface area (Å²) >= 11 is 2.05. The Hall–Kier alpha value is -1.31. The average Bonchev–Trinajstić information content (AvgIpc) is 2.31. The predicted octanol–water partition coefficient (Wildman–Crippen LogP) is 1.68. The fourth-order valence-electron chi connectivity index (χ4n) is 1.38. The molecule has 0 spiro atoms. The quantitative estimate of drug-likeness (QED) is 0.631. The van der Waals surface area contributed by atoms with Gasteiger partial charge in [-0.25, -0.2) is 0 Å². The molecule has 0 aliphatic carbocycles. The fourth-order valence-corrected chi connectivity index (χ4v) is 1.87. The van der Waals surface area contributed by atoms with E-state index >= 15 is 0 Å². The van der Waals surface area contributed by atoms with Crippen molar-refractivity contribution in [3.8, 4) is 5.75 Å². The molecule has 1 atom stereocenters.